The van der Waals surface area contributed by atoms with Gasteiger partial charge in [-0.2, -0.15) is 4.98 Å². The number of aromatic nitrogens is 4. The number of amides is 1. The zero-order valence-corrected chi connectivity index (χ0v) is 16.9. The Labute approximate surface area is 172 Å². The van der Waals surface area contributed by atoms with Gasteiger partial charge in [0.2, 0.25) is 23.2 Å². The lowest BCUT2D eigenvalue weighted by atomic mass is 10.1. The number of aryl methyl sites for hydroxylation is 1. The van der Waals surface area contributed by atoms with Gasteiger partial charge in [-0.1, -0.05) is 42.1 Å². The number of para-hydroxylation sites is 1. The second kappa shape index (κ2) is 8.00. The molecule has 4 rings (SSSR count). The standard InChI is InChI=1S/C21H19N5O2S/c1-4-12-29-21-23-19-18(24-25-21)15-9-5-6-11-17(15)26(14(3)27)20(28-19)16-10-7-8-13(2)22-16/h4-11,20H,1,12H2,2-3H3/t20-/m0/s1. The maximum Gasteiger partial charge on any atom is 0.247 e. The molecular weight excluding hydrogens is 386 g/mol. The van der Waals surface area contributed by atoms with E-state index in [1.807, 2.05) is 49.4 Å². The van der Waals surface area contributed by atoms with Crippen LogP contribution >= 0.6 is 11.8 Å². The zero-order valence-electron chi connectivity index (χ0n) is 16.1. The van der Waals surface area contributed by atoms with Gasteiger partial charge in [-0.25, -0.2) is 0 Å². The van der Waals surface area contributed by atoms with E-state index in [0.717, 1.165) is 11.3 Å². The number of ether oxygens (including phenoxy) is 1. The maximum absolute atomic E-state index is 12.7. The molecule has 0 N–H and O–H groups in total. The van der Waals surface area contributed by atoms with Gasteiger partial charge in [0.15, 0.2) is 5.69 Å². The van der Waals surface area contributed by atoms with Crippen LogP contribution < -0.4 is 9.64 Å². The number of thioether (sulfide) groups is 1. The third-order valence-electron chi connectivity index (χ3n) is 4.34. The molecule has 1 atom stereocenters. The fraction of sp³-hybridized carbons (Fsp3) is 0.190. The Morgan fingerprint density at radius 2 is 2.03 bits per heavy atom. The summed E-state index contributed by atoms with van der Waals surface area (Å²) < 4.78 is 6.26. The van der Waals surface area contributed by atoms with Crippen LogP contribution in [0.4, 0.5) is 5.69 Å². The molecule has 8 heteroatoms. The summed E-state index contributed by atoms with van der Waals surface area (Å²) in [5, 5.41) is 9.05. The highest BCUT2D eigenvalue weighted by molar-refractivity contribution is 7.99. The third-order valence-corrected chi connectivity index (χ3v) is 5.18. The number of hydrogen-bond acceptors (Lipinski definition) is 7. The van der Waals surface area contributed by atoms with Gasteiger partial charge < -0.3 is 4.74 Å². The predicted molar refractivity (Wildman–Crippen MR) is 112 cm³/mol. The second-order valence-electron chi connectivity index (χ2n) is 6.43. The number of carbonyl (C=O) groups excluding carboxylic acids is 1. The van der Waals surface area contributed by atoms with Gasteiger partial charge in [0.1, 0.15) is 5.69 Å². The van der Waals surface area contributed by atoms with E-state index in [9.17, 15) is 4.79 Å². The molecule has 29 heavy (non-hydrogen) atoms. The van der Waals surface area contributed by atoms with Crippen molar-refractivity contribution in [3.05, 3.63) is 66.5 Å². The van der Waals surface area contributed by atoms with Gasteiger partial charge in [-0.05, 0) is 25.1 Å². The Morgan fingerprint density at radius 1 is 1.21 bits per heavy atom. The molecule has 1 amide bonds. The molecule has 0 saturated heterocycles. The normalized spacial score (nSPS) is 15.0. The first kappa shape index (κ1) is 19.1. The Hall–Kier alpha value is -3.26. The van der Waals surface area contributed by atoms with Gasteiger partial charge in [0.25, 0.3) is 0 Å². The summed E-state index contributed by atoms with van der Waals surface area (Å²) in [5.74, 6) is 0.795. The lowest BCUT2D eigenvalue weighted by Gasteiger charge is -2.29. The van der Waals surface area contributed by atoms with E-state index < -0.39 is 6.23 Å². The van der Waals surface area contributed by atoms with Crippen LogP contribution in [0.25, 0.3) is 11.3 Å². The molecule has 0 unspecified atom stereocenters. The van der Waals surface area contributed by atoms with E-state index in [0.29, 0.717) is 33.9 Å². The van der Waals surface area contributed by atoms with Crippen molar-refractivity contribution in [2.75, 3.05) is 10.7 Å². The molecule has 0 bridgehead atoms. The van der Waals surface area contributed by atoms with E-state index >= 15 is 0 Å². The Balaban J connectivity index is 1.92. The number of rotatable bonds is 4. The zero-order chi connectivity index (χ0) is 20.4. The molecule has 146 valence electrons. The first-order valence-corrected chi connectivity index (χ1v) is 10.0. The molecule has 0 radical (unpaired) electrons. The van der Waals surface area contributed by atoms with Crippen molar-refractivity contribution in [2.24, 2.45) is 0 Å². The lowest BCUT2D eigenvalue weighted by Crippen LogP contribution is -2.36. The molecule has 2 aromatic heterocycles. The number of nitrogens with zero attached hydrogens (tertiary/aromatic N) is 5. The molecule has 3 aromatic rings. The van der Waals surface area contributed by atoms with E-state index in [-0.39, 0.29) is 5.91 Å². The van der Waals surface area contributed by atoms with Crippen molar-refractivity contribution in [1.29, 1.82) is 0 Å². The van der Waals surface area contributed by atoms with Crippen molar-refractivity contribution in [2.45, 2.75) is 25.2 Å². The third kappa shape index (κ3) is 3.71. The number of anilines is 1. The highest BCUT2D eigenvalue weighted by Crippen LogP contribution is 2.42. The van der Waals surface area contributed by atoms with Gasteiger partial charge in [-0.15, -0.1) is 16.8 Å². The summed E-state index contributed by atoms with van der Waals surface area (Å²) in [6.45, 7) is 7.12. The van der Waals surface area contributed by atoms with Gasteiger partial charge in [0.05, 0.1) is 5.69 Å². The van der Waals surface area contributed by atoms with Crippen molar-refractivity contribution >= 4 is 23.4 Å². The van der Waals surface area contributed by atoms with Crippen LogP contribution in [0.3, 0.4) is 0 Å². The number of pyridine rings is 1. The molecule has 1 aromatic carbocycles. The van der Waals surface area contributed by atoms with Crippen molar-refractivity contribution < 1.29 is 9.53 Å². The Kier molecular flexibility index (Phi) is 5.26. The highest BCUT2D eigenvalue weighted by Gasteiger charge is 2.35. The van der Waals surface area contributed by atoms with Crippen LogP contribution in [0, 0.1) is 6.92 Å². The minimum Gasteiger partial charge on any atom is -0.445 e. The maximum atomic E-state index is 12.7. The molecule has 3 heterocycles. The Bertz CT molecular complexity index is 1090. The van der Waals surface area contributed by atoms with E-state index in [4.69, 9.17) is 4.74 Å². The predicted octanol–water partition coefficient (Wildman–Crippen LogP) is 3.96. The van der Waals surface area contributed by atoms with Crippen molar-refractivity contribution in [3.63, 3.8) is 0 Å². The minimum atomic E-state index is -0.774. The minimum absolute atomic E-state index is 0.173. The monoisotopic (exact) mass is 405 g/mol. The van der Waals surface area contributed by atoms with E-state index in [2.05, 4.69) is 26.7 Å². The van der Waals surface area contributed by atoms with Crippen LogP contribution in [0.15, 0.2) is 60.3 Å². The fourth-order valence-electron chi connectivity index (χ4n) is 3.14. The average Bonchev–Trinajstić information content (AvgIpc) is 2.86. The molecule has 7 nitrogen and oxygen atoms in total. The SMILES string of the molecule is C=CCSc1nnc2c(n1)O[C@@H](c1cccc(C)n1)N(C(C)=O)c1ccccc1-2. The topological polar surface area (TPSA) is 81.1 Å². The first-order valence-electron chi connectivity index (χ1n) is 9.06. The summed E-state index contributed by atoms with van der Waals surface area (Å²) in [6.07, 6.45) is 0.996. The van der Waals surface area contributed by atoms with Crippen LogP contribution in [0.5, 0.6) is 5.88 Å². The molecule has 0 spiro atoms. The summed E-state index contributed by atoms with van der Waals surface area (Å²) in [5.41, 5.74) is 3.34. The summed E-state index contributed by atoms with van der Waals surface area (Å²) in [7, 11) is 0. The molecule has 1 aliphatic rings. The van der Waals surface area contributed by atoms with Crippen LogP contribution in [0.1, 0.15) is 24.5 Å². The summed E-state index contributed by atoms with van der Waals surface area (Å²) in [4.78, 5) is 23.4. The van der Waals surface area contributed by atoms with E-state index in [1.54, 1.807) is 11.0 Å². The van der Waals surface area contributed by atoms with Crippen LogP contribution in [-0.2, 0) is 4.79 Å². The first-order chi connectivity index (χ1) is 14.1. The van der Waals surface area contributed by atoms with Gasteiger partial charge >= 0.3 is 0 Å². The summed E-state index contributed by atoms with van der Waals surface area (Å²) >= 11 is 1.41. The molecule has 0 fully saturated rings. The van der Waals surface area contributed by atoms with Crippen molar-refractivity contribution in [1.82, 2.24) is 20.2 Å². The molecular formula is C21H19N5O2S. The number of hydrogen-bond donors (Lipinski definition) is 0. The van der Waals surface area contributed by atoms with Crippen molar-refractivity contribution in [3.8, 4) is 17.1 Å². The lowest BCUT2D eigenvalue weighted by molar-refractivity contribution is -0.118. The second-order valence-corrected chi connectivity index (χ2v) is 7.42. The Morgan fingerprint density at radius 3 is 2.79 bits per heavy atom. The molecule has 1 aliphatic heterocycles. The smallest absolute Gasteiger partial charge is 0.247 e. The number of carbonyl (C=O) groups is 1. The quantitative estimate of drug-likeness (QED) is 0.480. The van der Waals surface area contributed by atoms with E-state index in [1.165, 1.54) is 18.7 Å². The van der Waals surface area contributed by atoms with Crippen LogP contribution in [0.2, 0.25) is 0 Å². The fourth-order valence-corrected chi connectivity index (χ4v) is 3.65. The average molecular weight is 405 g/mol. The number of benzene rings is 1. The summed E-state index contributed by atoms with van der Waals surface area (Å²) in [6, 6.07) is 13.1. The van der Waals surface area contributed by atoms with Crippen LogP contribution in [-0.4, -0.2) is 31.8 Å². The largest absolute Gasteiger partial charge is 0.445 e. The van der Waals surface area contributed by atoms with Gasteiger partial charge in [-0.3, -0.25) is 14.7 Å². The molecule has 0 saturated carbocycles. The number of fused-ring (bicyclic) bond motifs is 3. The molecule has 0 aliphatic carbocycles. The van der Waals surface area contributed by atoms with Gasteiger partial charge in [0, 0.05) is 23.9 Å². The highest BCUT2D eigenvalue weighted by atomic mass is 32.2.